The number of carboxylic acids is 1. The average molecular weight is 328 g/mol. The van der Waals surface area contributed by atoms with Gasteiger partial charge in [-0.3, -0.25) is 4.79 Å². The lowest BCUT2D eigenvalue weighted by atomic mass is 9.89. The van der Waals surface area contributed by atoms with Crippen LogP contribution in [0, 0.1) is 17.2 Å². The Balaban J connectivity index is 1.56. The Morgan fingerprint density at radius 3 is 2.58 bits per heavy atom. The Labute approximate surface area is 140 Å². The van der Waals surface area contributed by atoms with Gasteiger partial charge in [0.15, 0.2) is 6.10 Å². The number of benzene rings is 1. The van der Waals surface area contributed by atoms with E-state index in [4.69, 9.17) is 15.1 Å². The third-order valence-electron chi connectivity index (χ3n) is 4.92. The van der Waals surface area contributed by atoms with Gasteiger partial charge in [-0.15, -0.1) is 0 Å². The first-order valence-corrected chi connectivity index (χ1v) is 8.26. The van der Waals surface area contributed by atoms with E-state index in [1.165, 1.54) is 0 Å². The van der Waals surface area contributed by atoms with Gasteiger partial charge < -0.3 is 14.7 Å². The number of carbonyl (C=O) groups excluding carboxylic acids is 1. The molecule has 0 unspecified atom stereocenters. The van der Waals surface area contributed by atoms with Gasteiger partial charge in [0.05, 0.1) is 17.7 Å². The number of aliphatic carboxylic acids is 1. The normalized spacial score (nSPS) is 24.5. The van der Waals surface area contributed by atoms with Crippen LogP contribution in [0.15, 0.2) is 24.3 Å². The van der Waals surface area contributed by atoms with Crippen molar-refractivity contribution in [3.8, 4) is 6.07 Å². The molecule has 0 saturated carbocycles. The molecule has 0 spiro atoms. The van der Waals surface area contributed by atoms with Crippen LogP contribution in [0.1, 0.15) is 41.6 Å². The number of nitriles is 1. The molecular weight excluding hydrogens is 308 g/mol. The molecule has 1 N–H and O–H groups in total. The van der Waals surface area contributed by atoms with E-state index in [1.807, 2.05) is 6.07 Å². The number of carboxylic acid groups (broad SMARTS) is 1. The summed E-state index contributed by atoms with van der Waals surface area (Å²) in [5.41, 5.74) is 1.02. The van der Waals surface area contributed by atoms with Crippen LogP contribution >= 0.6 is 0 Å². The van der Waals surface area contributed by atoms with E-state index in [-0.39, 0.29) is 12.0 Å². The summed E-state index contributed by atoms with van der Waals surface area (Å²) < 4.78 is 5.63. The van der Waals surface area contributed by atoms with Crippen LogP contribution in [-0.4, -0.2) is 47.2 Å². The van der Waals surface area contributed by atoms with Gasteiger partial charge >= 0.3 is 5.97 Å². The molecule has 1 aromatic carbocycles. The predicted molar refractivity (Wildman–Crippen MR) is 85.3 cm³/mol. The lowest BCUT2D eigenvalue weighted by molar-refractivity contribution is -0.150. The summed E-state index contributed by atoms with van der Waals surface area (Å²) in [7, 11) is 0. The molecule has 6 heteroatoms. The zero-order valence-corrected chi connectivity index (χ0v) is 13.4. The van der Waals surface area contributed by atoms with Crippen molar-refractivity contribution in [2.24, 2.45) is 5.92 Å². The highest BCUT2D eigenvalue weighted by Crippen LogP contribution is 2.32. The van der Waals surface area contributed by atoms with Crippen LogP contribution < -0.4 is 0 Å². The Hall–Kier alpha value is -2.39. The fraction of sp³-hybridized carbons (Fsp3) is 0.500. The smallest absolute Gasteiger partial charge is 0.332 e. The highest BCUT2D eigenvalue weighted by Gasteiger charge is 2.37. The first-order chi connectivity index (χ1) is 11.6. The van der Waals surface area contributed by atoms with E-state index in [0.29, 0.717) is 36.6 Å². The van der Waals surface area contributed by atoms with Gasteiger partial charge in [0.1, 0.15) is 0 Å². The molecule has 24 heavy (non-hydrogen) atoms. The Morgan fingerprint density at radius 2 is 1.96 bits per heavy atom. The van der Waals surface area contributed by atoms with Crippen LogP contribution in [0.5, 0.6) is 0 Å². The fourth-order valence-corrected chi connectivity index (χ4v) is 3.57. The molecule has 3 rings (SSSR count). The van der Waals surface area contributed by atoms with Crippen molar-refractivity contribution in [3.05, 3.63) is 35.4 Å². The van der Waals surface area contributed by atoms with Crippen LogP contribution in [-0.2, 0) is 9.53 Å². The first kappa shape index (κ1) is 16.5. The van der Waals surface area contributed by atoms with Gasteiger partial charge in [-0.1, -0.05) is 6.07 Å². The summed E-state index contributed by atoms with van der Waals surface area (Å²) in [6.07, 6.45) is 2.30. The number of rotatable bonds is 3. The van der Waals surface area contributed by atoms with Gasteiger partial charge in [0.25, 0.3) is 5.91 Å². The molecule has 2 aliphatic heterocycles. The summed E-state index contributed by atoms with van der Waals surface area (Å²) in [5.74, 6) is -0.632. The van der Waals surface area contributed by atoms with E-state index in [9.17, 15) is 9.59 Å². The SMILES string of the molecule is N#Cc1cccc(C(=O)N2CCC([C@@H]3CC[C@H](C(=O)O)O3)CC2)c1. The summed E-state index contributed by atoms with van der Waals surface area (Å²) in [6.45, 7) is 1.27. The van der Waals surface area contributed by atoms with Crippen molar-refractivity contribution < 1.29 is 19.4 Å². The largest absolute Gasteiger partial charge is 0.479 e. The minimum Gasteiger partial charge on any atom is -0.479 e. The molecule has 2 fully saturated rings. The van der Waals surface area contributed by atoms with E-state index >= 15 is 0 Å². The molecule has 2 saturated heterocycles. The van der Waals surface area contributed by atoms with Crippen LogP contribution in [0.2, 0.25) is 0 Å². The van der Waals surface area contributed by atoms with E-state index < -0.39 is 12.1 Å². The van der Waals surface area contributed by atoms with Gasteiger partial charge in [-0.25, -0.2) is 4.79 Å². The van der Waals surface area contributed by atoms with Gasteiger partial charge in [0, 0.05) is 18.7 Å². The monoisotopic (exact) mass is 328 g/mol. The molecule has 0 radical (unpaired) electrons. The summed E-state index contributed by atoms with van der Waals surface area (Å²) in [4.78, 5) is 25.3. The van der Waals surface area contributed by atoms with Gasteiger partial charge in [-0.05, 0) is 49.8 Å². The van der Waals surface area contributed by atoms with Crippen LogP contribution in [0.25, 0.3) is 0 Å². The Kier molecular flexibility index (Phi) is 4.81. The van der Waals surface area contributed by atoms with Crippen molar-refractivity contribution in [3.63, 3.8) is 0 Å². The summed E-state index contributed by atoms with van der Waals surface area (Å²) in [6, 6.07) is 8.79. The number of nitrogens with zero attached hydrogens (tertiary/aromatic N) is 2. The Morgan fingerprint density at radius 1 is 1.21 bits per heavy atom. The lowest BCUT2D eigenvalue weighted by Crippen LogP contribution is -2.41. The highest BCUT2D eigenvalue weighted by molar-refractivity contribution is 5.94. The van der Waals surface area contributed by atoms with Crippen molar-refractivity contribution in [1.29, 1.82) is 5.26 Å². The molecule has 2 atom stereocenters. The van der Waals surface area contributed by atoms with Gasteiger partial charge in [0.2, 0.25) is 0 Å². The molecule has 2 heterocycles. The number of amides is 1. The second-order valence-electron chi connectivity index (χ2n) is 6.40. The highest BCUT2D eigenvalue weighted by atomic mass is 16.5. The molecule has 1 amide bonds. The average Bonchev–Trinajstić information content (AvgIpc) is 3.12. The molecule has 126 valence electrons. The molecule has 1 aromatic rings. The van der Waals surface area contributed by atoms with E-state index in [1.54, 1.807) is 29.2 Å². The maximum atomic E-state index is 12.5. The maximum absolute atomic E-state index is 12.5. The second kappa shape index (κ2) is 7.02. The number of ether oxygens (including phenoxy) is 1. The van der Waals surface area contributed by atoms with E-state index in [2.05, 4.69) is 0 Å². The minimum absolute atomic E-state index is 0.00901. The van der Waals surface area contributed by atoms with Crippen LogP contribution in [0.3, 0.4) is 0 Å². The maximum Gasteiger partial charge on any atom is 0.332 e. The second-order valence-corrected chi connectivity index (χ2v) is 6.40. The Bertz CT molecular complexity index is 674. The predicted octanol–water partition coefficient (Wildman–Crippen LogP) is 2.04. The zero-order chi connectivity index (χ0) is 17.1. The number of hydrogen-bond donors (Lipinski definition) is 1. The van der Waals surface area contributed by atoms with Crippen LogP contribution in [0.4, 0.5) is 0 Å². The third kappa shape index (κ3) is 3.41. The number of piperidine rings is 1. The molecule has 2 aliphatic rings. The first-order valence-electron chi connectivity index (χ1n) is 8.26. The zero-order valence-electron chi connectivity index (χ0n) is 13.4. The number of carbonyl (C=O) groups is 2. The van der Waals surface area contributed by atoms with E-state index in [0.717, 1.165) is 19.3 Å². The third-order valence-corrected chi connectivity index (χ3v) is 4.92. The molecule has 0 bridgehead atoms. The minimum atomic E-state index is -0.887. The molecule has 6 nitrogen and oxygen atoms in total. The van der Waals surface area contributed by atoms with Crippen molar-refractivity contribution >= 4 is 11.9 Å². The molecule has 0 aliphatic carbocycles. The quantitative estimate of drug-likeness (QED) is 0.917. The summed E-state index contributed by atoms with van der Waals surface area (Å²) >= 11 is 0. The fourth-order valence-electron chi connectivity index (χ4n) is 3.57. The van der Waals surface area contributed by atoms with Crippen molar-refractivity contribution in [1.82, 2.24) is 4.90 Å². The van der Waals surface area contributed by atoms with Crippen molar-refractivity contribution in [2.75, 3.05) is 13.1 Å². The molecular formula is C18H20N2O4. The number of hydrogen-bond acceptors (Lipinski definition) is 4. The lowest BCUT2D eigenvalue weighted by Gasteiger charge is -2.34. The van der Waals surface area contributed by atoms with Crippen molar-refractivity contribution in [2.45, 2.75) is 37.9 Å². The van der Waals surface area contributed by atoms with Gasteiger partial charge in [-0.2, -0.15) is 5.26 Å². The summed E-state index contributed by atoms with van der Waals surface area (Å²) in [5, 5.41) is 18.0. The molecule has 0 aromatic heterocycles. The standard InChI is InChI=1S/C18H20N2O4/c19-11-12-2-1-3-14(10-12)17(21)20-8-6-13(7-9-20)15-4-5-16(24-15)18(22)23/h1-3,10,13,15-16H,4-9H2,(H,22,23)/t15-,16+/m0/s1. The number of likely N-dealkylation sites (tertiary alicyclic amines) is 1. The topological polar surface area (TPSA) is 90.6 Å².